The van der Waals surface area contributed by atoms with Crippen LogP contribution in [-0.4, -0.2) is 25.4 Å². The van der Waals surface area contributed by atoms with Gasteiger partial charge in [-0.25, -0.2) is 0 Å². The highest BCUT2D eigenvalue weighted by Gasteiger charge is 1.99. The number of ether oxygens (including phenoxy) is 1. The fourth-order valence-electron chi connectivity index (χ4n) is 0.491. The van der Waals surface area contributed by atoms with Crippen LogP contribution in [0.3, 0.4) is 0 Å². The van der Waals surface area contributed by atoms with Crippen molar-refractivity contribution < 1.29 is 9.53 Å². The Labute approximate surface area is 60.1 Å². The number of halogens is 1. The molecule has 0 spiro atoms. The van der Waals surface area contributed by atoms with Crippen molar-refractivity contribution in [2.24, 2.45) is 0 Å². The Morgan fingerprint density at radius 3 is 2.89 bits per heavy atom. The molecule has 0 bridgehead atoms. The minimum absolute atomic E-state index is 0.333. The van der Waals surface area contributed by atoms with Gasteiger partial charge in [0, 0.05) is 13.7 Å². The molecule has 0 rings (SSSR count). The number of hydrogen-bond acceptors (Lipinski definition) is 2. The van der Waals surface area contributed by atoms with Gasteiger partial charge < -0.3 is 9.53 Å². The molecule has 1 atom stereocenters. The van der Waals surface area contributed by atoms with E-state index in [1.165, 1.54) is 0 Å². The number of rotatable bonds is 5. The summed E-state index contributed by atoms with van der Waals surface area (Å²) in [6.07, 6.45) is 2.31. The second-order valence-electron chi connectivity index (χ2n) is 1.79. The summed E-state index contributed by atoms with van der Waals surface area (Å²) in [6.45, 7) is 0.678. The molecule has 9 heavy (non-hydrogen) atoms. The predicted octanol–water partition coefficient (Wildman–Crippen LogP) is 1.22. The maximum atomic E-state index is 9.93. The highest BCUT2D eigenvalue weighted by Crippen LogP contribution is 2.01. The monoisotopic (exact) mass is 150 g/mol. The SMILES string of the molecule is COCCCC(Cl)C=O. The molecule has 0 saturated carbocycles. The van der Waals surface area contributed by atoms with E-state index in [-0.39, 0.29) is 5.38 Å². The molecule has 0 saturated heterocycles. The lowest BCUT2D eigenvalue weighted by Gasteiger charge is -1.98. The number of hydrogen-bond donors (Lipinski definition) is 0. The minimum Gasteiger partial charge on any atom is -0.385 e. The molecule has 0 aromatic carbocycles. The normalized spacial score (nSPS) is 13.1. The van der Waals surface area contributed by atoms with Crippen molar-refractivity contribution in [3.63, 3.8) is 0 Å². The van der Waals surface area contributed by atoms with Crippen LogP contribution in [0.2, 0.25) is 0 Å². The van der Waals surface area contributed by atoms with E-state index in [4.69, 9.17) is 16.3 Å². The summed E-state index contributed by atoms with van der Waals surface area (Å²) in [5.41, 5.74) is 0. The topological polar surface area (TPSA) is 26.3 Å². The van der Waals surface area contributed by atoms with Crippen LogP contribution < -0.4 is 0 Å². The van der Waals surface area contributed by atoms with Crippen LogP contribution in [0.4, 0.5) is 0 Å². The molecule has 0 N–H and O–H groups in total. The number of aldehydes is 1. The van der Waals surface area contributed by atoms with Crippen LogP contribution >= 0.6 is 11.6 Å². The van der Waals surface area contributed by atoms with Crippen molar-refractivity contribution in [2.75, 3.05) is 13.7 Å². The van der Waals surface area contributed by atoms with E-state index in [2.05, 4.69) is 0 Å². The van der Waals surface area contributed by atoms with Crippen molar-refractivity contribution >= 4 is 17.9 Å². The maximum Gasteiger partial charge on any atom is 0.137 e. The second kappa shape index (κ2) is 6.05. The molecule has 0 radical (unpaired) electrons. The highest BCUT2D eigenvalue weighted by atomic mass is 35.5. The largest absolute Gasteiger partial charge is 0.385 e. The molecule has 0 aromatic heterocycles. The van der Waals surface area contributed by atoms with Crippen molar-refractivity contribution in [1.82, 2.24) is 0 Å². The first-order valence-corrected chi connectivity index (χ1v) is 3.33. The standard InChI is InChI=1S/C6H11ClO2/c1-9-4-2-3-6(7)5-8/h5-6H,2-4H2,1H3. The van der Waals surface area contributed by atoms with Crippen molar-refractivity contribution in [3.8, 4) is 0 Å². The second-order valence-corrected chi connectivity index (χ2v) is 2.35. The fraction of sp³-hybridized carbons (Fsp3) is 0.833. The summed E-state index contributed by atoms with van der Waals surface area (Å²) < 4.78 is 4.76. The fourth-order valence-corrected chi connectivity index (χ4v) is 0.645. The summed E-state index contributed by atoms with van der Waals surface area (Å²) in [6, 6.07) is 0. The zero-order chi connectivity index (χ0) is 7.11. The summed E-state index contributed by atoms with van der Waals surface area (Å²) >= 11 is 5.48. The van der Waals surface area contributed by atoms with Gasteiger partial charge in [0.25, 0.3) is 0 Å². The smallest absolute Gasteiger partial charge is 0.137 e. The average molecular weight is 151 g/mol. The third-order valence-corrected chi connectivity index (χ3v) is 1.30. The summed E-state index contributed by atoms with van der Waals surface area (Å²) in [7, 11) is 1.63. The Bertz CT molecular complexity index is 75.5. The molecule has 0 aliphatic rings. The molecule has 3 heteroatoms. The van der Waals surface area contributed by atoms with Crippen LogP contribution in [0.15, 0.2) is 0 Å². The minimum atomic E-state index is -0.333. The van der Waals surface area contributed by atoms with Crippen LogP contribution in [0, 0.1) is 0 Å². The van der Waals surface area contributed by atoms with Gasteiger partial charge in [-0.05, 0) is 12.8 Å². The van der Waals surface area contributed by atoms with E-state index in [1.807, 2.05) is 0 Å². The molecule has 1 unspecified atom stereocenters. The van der Waals surface area contributed by atoms with Crippen LogP contribution in [-0.2, 0) is 9.53 Å². The molecule has 2 nitrogen and oxygen atoms in total. The third kappa shape index (κ3) is 5.80. The molecule has 54 valence electrons. The van der Waals surface area contributed by atoms with Crippen LogP contribution in [0.25, 0.3) is 0 Å². The lowest BCUT2D eigenvalue weighted by atomic mass is 10.2. The molecule has 0 aliphatic carbocycles. The Morgan fingerprint density at radius 1 is 1.78 bits per heavy atom. The van der Waals surface area contributed by atoms with E-state index in [0.717, 1.165) is 12.7 Å². The van der Waals surface area contributed by atoms with E-state index in [9.17, 15) is 4.79 Å². The van der Waals surface area contributed by atoms with Gasteiger partial charge in [0.1, 0.15) is 6.29 Å². The maximum absolute atomic E-state index is 9.93. The lowest BCUT2D eigenvalue weighted by Crippen LogP contribution is -2.01. The first kappa shape index (κ1) is 8.92. The first-order chi connectivity index (χ1) is 4.31. The lowest BCUT2D eigenvalue weighted by molar-refractivity contribution is -0.107. The van der Waals surface area contributed by atoms with Gasteiger partial charge in [0.15, 0.2) is 0 Å². The van der Waals surface area contributed by atoms with Gasteiger partial charge in [-0.3, -0.25) is 0 Å². The van der Waals surface area contributed by atoms with Gasteiger partial charge in [-0.1, -0.05) is 0 Å². The Morgan fingerprint density at radius 2 is 2.44 bits per heavy atom. The summed E-state index contributed by atoms with van der Waals surface area (Å²) in [5.74, 6) is 0. The molecular formula is C6H11ClO2. The molecule has 0 heterocycles. The number of methoxy groups -OCH3 is 1. The van der Waals surface area contributed by atoms with Gasteiger partial charge in [0.2, 0.25) is 0 Å². The van der Waals surface area contributed by atoms with Crippen molar-refractivity contribution in [3.05, 3.63) is 0 Å². The Kier molecular flexibility index (Phi) is 5.99. The first-order valence-electron chi connectivity index (χ1n) is 2.89. The summed E-state index contributed by atoms with van der Waals surface area (Å²) in [4.78, 5) is 9.93. The van der Waals surface area contributed by atoms with Gasteiger partial charge in [0.05, 0.1) is 5.38 Å². The Hall–Kier alpha value is -0.0800. The van der Waals surface area contributed by atoms with Gasteiger partial charge in [-0.15, -0.1) is 11.6 Å². The van der Waals surface area contributed by atoms with E-state index < -0.39 is 0 Å². The quantitative estimate of drug-likeness (QED) is 0.335. The van der Waals surface area contributed by atoms with Gasteiger partial charge in [-0.2, -0.15) is 0 Å². The molecular weight excluding hydrogens is 140 g/mol. The van der Waals surface area contributed by atoms with Crippen LogP contribution in [0.1, 0.15) is 12.8 Å². The Balaban J connectivity index is 2.96. The number of carbonyl (C=O) groups excluding carboxylic acids is 1. The predicted molar refractivity (Wildman–Crippen MR) is 36.8 cm³/mol. The van der Waals surface area contributed by atoms with E-state index >= 15 is 0 Å². The van der Waals surface area contributed by atoms with Gasteiger partial charge >= 0.3 is 0 Å². The zero-order valence-corrected chi connectivity index (χ0v) is 6.23. The third-order valence-electron chi connectivity index (χ3n) is 0.976. The number of carbonyl (C=O) groups is 1. The highest BCUT2D eigenvalue weighted by molar-refractivity contribution is 6.27. The average Bonchev–Trinajstić information content (AvgIpc) is 1.89. The van der Waals surface area contributed by atoms with Crippen molar-refractivity contribution in [2.45, 2.75) is 18.2 Å². The van der Waals surface area contributed by atoms with E-state index in [0.29, 0.717) is 13.0 Å². The molecule has 0 aromatic rings. The summed E-state index contributed by atoms with van der Waals surface area (Å²) in [5, 5.41) is -0.333. The molecule has 0 fully saturated rings. The molecule has 0 amide bonds. The zero-order valence-electron chi connectivity index (χ0n) is 5.47. The number of alkyl halides is 1. The molecule has 0 aliphatic heterocycles. The van der Waals surface area contributed by atoms with Crippen LogP contribution in [0.5, 0.6) is 0 Å². The van der Waals surface area contributed by atoms with Crippen molar-refractivity contribution in [1.29, 1.82) is 0 Å². The van der Waals surface area contributed by atoms with E-state index in [1.54, 1.807) is 7.11 Å².